The molecular formula is C20H25N5O3. The van der Waals surface area contributed by atoms with Crippen molar-refractivity contribution in [2.24, 2.45) is 14.1 Å². The van der Waals surface area contributed by atoms with Gasteiger partial charge in [0.1, 0.15) is 5.75 Å². The van der Waals surface area contributed by atoms with Gasteiger partial charge in [-0.25, -0.2) is 4.79 Å². The number of aromatic nitrogens is 4. The lowest BCUT2D eigenvalue weighted by Gasteiger charge is -2.15. The maximum Gasteiger partial charge on any atom is 0.332 e. The third-order valence-corrected chi connectivity index (χ3v) is 5.54. The number of ether oxygens (including phenoxy) is 1. The number of rotatable bonds is 5. The van der Waals surface area contributed by atoms with Crippen LogP contribution in [0.1, 0.15) is 31.2 Å². The van der Waals surface area contributed by atoms with Crippen LogP contribution in [0.15, 0.2) is 33.9 Å². The molecule has 0 bridgehead atoms. The molecule has 1 aliphatic rings. The molecular weight excluding hydrogens is 358 g/mol. The van der Waals surface area contributed by atoms with Crippen molar-refractivity contribution in [3.63, 3.8) is 0 Å². The highest BCUT2D eigenvalue weighted by atomic mass is 16.5. The van der Waals surface area contributed by atoms with Gasteiger partial charge in [-0.3, -0.25) is 18.5 Å². The zero-order valence-electron chi connectivity index (χ0n) is 16.4. The quantitative estimate of drug-likeness (QED) is 0.727. The minimum absolute atomic E-state index is 0.335. The molecule has 0 unspecified atom stereocenters. The molecule has 1 N–H and O–H groups in total. The summed E-state index contributed by atoms with van der Waals surface area (Å²) in [5.41, 5.74) is 1.14. The number of methoxy groups -OCH3 is 1. The monoisotopic (exact) mass is 383 g/mol. The van der Waals surface area contributed by atoms with E-state index in [9.17, 15) is 9.59 Å². The second-order valence-electron chi connectivity index (χ2n) is 7.37. The van der Waals surface area contributed by atoms with Crippen LogP contribution in [0.5, 0.6) is 5.75 Å². The van der Waals surface area contributed by atoms with E-state index in [-0.39, 0.29) is 11.2 Å². The summed E-state index contributed by atoms with van der Waals surface area (Å²) in [6.07, 6.45) is 4.55. The summed E-state index contributed by atoms with van der Waals surface area (Å²) in [6, 6.07) is 8.07. The van der Waals surface area contributed by atoms with Gasteiger partial charge in [0.25, 0.3) is 5.56 Å². The fraction of sp³-hybridized carbons (Fsp3) is 0.450. The first-order valence-electron chi connectivity index (χ1n) is 9.55. The lowest BCUT2D eigenvalue weighted by atomic mass is 10.2. The molecule has 1 saturated carbocycles. The molecule has 0 atom stereocenters. The van der Waals surface area contributed by atoms with Gasteiger partial charge in [0.2, 0.25) is 5.95 Å². The van der Waals surface area contributed by atoms with E-state index in [0.717, 1.165) is 28.7 Å². The molecule has 2 aromatic heterocycles. The summed E-state index contributed by atoms with van der Waals surface area (Å²) in [5.74, 6) is 1.41. The SMILES string of the molecule is COc1ccc(Cn2c(NC3CCCC3)nc3c2c(=O)n(C)c(=O)n3C)cc1. The van der Waals surface area contributed by atoms with Gasteiger partial charge in [-0.1, -0.05) is 25.0 Å². The third kappa shape index (κ3) is 3.08. The van der Waals surface area contributed by atoms with E-state index in [1.54, 1.807) is 14.2 Å². The van der Waals surface area contributed by atoms with Crippen molar-refractivity contribution < 1.29 is 4.74 Å². The number of imidazole rings is 1. The number of hydrogen-bond acceptors (Lipinski definition) is 5. The molecule has 8 nitrogen and oxygen atoms in total. The predicted molar refractivity (Wildman–Crippen MR) is 108 cm³/mol. The van der Waals surface area contributed by atoms with Crippen molar-refractivity contribution in [2.45, 2.75) is 38.3 Å². The molecule has 1 aliphatic carbocycles. The molecule has 1 aromatic carbocycles. The maximum atomic E-state index is 12.9. The maximum absolute atomic E-state index is 12.9. The number of anilines is 1. The standard InChI is InChI=1S/C20H25N5O3/c1-23-17-16(18(26)24(2)20(23)27)25(12-13-8-10-15(28-3)11-9-13)19(22-17)21-14-6-4-5-7-14/h8-11,14H,4-7,12H2,1-3H3,(H,21,22). The summed E-state index contributed by atoms with van der Waals surface area (Å²) >= 11 is 0. The van der Waals surface area contributed by atoms with Crippen LogP contribution in [-0.4, -0.2) is 31.8 Å². The molecule has 2 heterocycles. The molecule has 8 heteroatoms. The number of aryl methyl sites for hydroxylation is 1. The van der Waals surface area contributed by atoms with E-state index >= 15 is 0 Å². The Morgan fingerprint density at radius 2 is 1.79 bits per heavy atom. The Labute approximate surface area is 162 Å². The van der Waals surface area contributed by atoms with Gasteiger partial charge in [-0.05, 0) is 30.5 Å². The van der Waals surface area contributed by atoms with Crippen molar-refractivity contribution >= 4 is 17.1 Å². The molecule has 1 fully saturated rings. The predicted octanol–water partition coefficient (Wildman–Crippen LogP) is 1.85. The van der Waals surface area contributed by atoms with Crippen molar-refractivity contribution in [1.29, 1.82) is 0 Å². The van der Waals surface area contributed by atoms with Crippen LogP contribution in [0.4, 0.5) is 5.95 Å². The summed E-state index contributed by atoms with van der Waals surface area (Å²) in [6.45, 7) is 0.475. The fourth-order valence-electron chi connectivity index (χ4n) is 3.88. The Balaban J connectivity index is 1.86. The Bertz CT molecular complexity index is 1120. The van der Waals surface area contributed by atoms with Gasteiger partial charge in [-0.15, -0.1) is 0 Å². The Hall–Kier alpha value is -3.03. The van der Waals surface area contributed by atoms with Crippen molar-refractivity contribution in [1.82, 2.24) is 18.7 Å². The average Bonchev–Trinajstić information content (AvgIpc) is 3.34. The number of benzene rings is 1. The van der Waals surface area contributed by atoms with Crippen LogP contribution < -0.4 is 21.3 Å². The molecule has 0 radical (unpaired) electrons. The smallest absolute Gasteiger partial charge is 0.332 e. The van der Waals surface area contributed by atoms with E-state index in [4.69, 9.17) is 4.74 Å². The van der Waals surface area contributed by atoms with E-state index < -0.39 is 0 Å². The first kappa shape index (κ1) is 18.3. The molecule has 4 rings (SSSR count). The molecule has 3 aromatic rings. The molecule has 0 spiro atoms. The summed E-state index contributed by atoms with van der Waals surface area (Å²) in [7, 11) is 4.78. The Kier molecular flexibility index (Phi) is 4.70. The molecule has 28 heavy (non-hydrogen) atoms. The Morgan fingerprint density at radius 1 is 1.11 bits per heavy atom. The van der Waals surface area contributed by atoms with Crippen LogP contribution in [0.3, 0.4) is 0 Å². The fourth-order valence-corrected chi connectivity index (χ4v) is 3.88. The zero-order valence-corrected chi connectivity index (χ0v) is 16.4. The second-order valence-corrected chi connectivity index (χ2v) is 7.37. The van der Waals surface area contributed by atoms with Crippen LogP contribution >= 0.6 is 0 Å². The van der Waals surface area contributed by atoms with Gasteiger partial charge in [0, 0.05) is 20.1 Å². The second kappa shape index (κ2) is 7.18. The van der Waals surface area contributed by atoms with E-state index in [0.29, 0.717) is 29.7 Å². The van der Waals surface area contributed by atoms with E-state index in [1.807, 2.05) is 28.8 Å². The first-order chi connectivity index (χ1) is 13.5. The largest absolute Gasteiger partial charge is 0.497 e. The van der Waals surface area contributed by atoms with Gasteiger partial charge < -0.3 is 10.1 Å². The van der Waals surface area contributed by atoms with Crippen LogP contribution in [-0.2, 0) is 20.6 Å². The van der Waals surface area contributed by atoms with Gasteiger partial charge >= 0.3 is 5.69 Å². The minimum atomic E-state index is -0.376. The van der Waals surface area contributed by atoms with E-state index in [2.05, 4.69) is 10.3 Å². The highest BCUT2D eigenvalue weighted by Crippen LogP contribution is 2.25. The molecule has 148 valence electrons. The zero-order chi connectivity index (χ0) is 19.8. The van der Waals surface area contributed by atoms with Gasteiger partial charge in [-0.2, -0.15) is 4.98 Å². The number of nitrogens with one attached hydrogen (secondary N) is 1. The summed E-state index contributed by atoms with van der Waals surface area (Å²) in [4.78, 5) is 29.9. The van der Waals surface area contributed by atoms with Crippen LogP contribution in [0.2, 0.25) is 0 Å². The van der Waals surface area contributed by atoms with Gasteiger partial charge in [0.15, 0.2) is 11.2 Å². The Morgan fingerprint density at radius 3 is 2.43 bits per heavy atom. The third-order valence-electron chi connectivity index (χ3n) is 5.54. The molecule has 0 aliphatic heterocycles. The molecule has 0 amide bonds. The first-order valence-corrected chi connectivity index (χ1v) is 9.55. The van der Waals surface area contributed by atoms with Crippen LogP contribution in [0.25, 0.3) is 11.2 Å². The topological polar surface area (TPSA) is 83.1 Å². The van der Waals surface area contributed by atoms with Crippen molar-refractivity contribution in [3.05, 3.63) is 50.7 Å². The van der Waals surface area contributed by atoms with E-state index in [1.165, 1.54) is 24.5 Å². The van der Waals surface area contributed by atoms with Crippen molar-refractivity contribution in [3.8, 4) is 5.75 Å². The normalized spacial score (nSPS) is 14.7. The average molecular weight is 383 g/mol. The lowest BCUT2D eigenvalue weighted by molar-refractivity contribution is 0.414. The minimum Gasteiger partial charge on any atom is -0.497 e. The summed E-state index contributed by atoms with van der Waals surface area (Å²) in [5, 5.41) is 3.50. The number of hydrogen-bond donors (Lipinski definition) is 1. The lowest BCUT2D eigenvalue weighted by Crippen LogP contribution is -2.37. The highest BCUT2D eigenvalue weighted by molar-refractivity contribution is 5.74. The van der Waals surface area contributed by atoms with Gasteiger partial charge in [0.05, 0.1) is 13.7 Å². The van der Waals surface area contributed by atoms with Crippen molar-refractivity contribution in [2.75, 3.05) is 12.4 Å². The van der Waals surface area contributed by atoms with Crippen LogP contribution in [0, 0.1) is 0 Å². The number of fused-ring (bicyclic) bond motifs is 1. The summed E-state index contributed by atoms with van der Waals surface area (Å²) < 4.78 is 9.68. The highest BCUT2D eigenvalue weighted by Gasteiger charge is 2.22. The molecule has 0 saturated heterocycles. The number of nitrogens with zero attached hydrogens (tertiary/aromatic N) is 4.